The highest BCUT2D eigenvalue weighted by molar-refractivity contribution is 8.00. The highest BCUT2D eigenvalue weighted by atomic mass is 32.2. The predicted octanol–water partition coefficient (Wildman–Crippen LogP) is 3.41. The molecule has 1 aromatic heterocycles. The zero-order chi connectivity index (χ0) is 17.4. The van der Waals surface area contributed by atoms with Crippen LogP contribution in [0.3, 0.4) is 0 Å². The summed E-state index contributed by atoms with van der Waals surface area (Å²) in [6.07, 6.45) is 1.02. The summed E-state index contributed by atoms with van der Waals surface area (Å²) < 4.78 is 0. The summed E-state index contributed by atoms with van der Waals surface area (Å²) in [7, 11) is 0. The number of benzene rings is 1. The fourth-order valence-electron chi connectivity index (χ4n) is 3.79. The average molecular weight is 373 g/mol. The predicted molar refractivity (Wildman–Crippen MR) is 100 cm³/mol. The number of thiophene rings is 1. The minimum Gasteiger partial charge on any atom is -0.481 e. The molecular formula is C19H19NO3S2. The van der Waals surface area contributed by atoms with Crippen LogP contribution in [0.4, 0.5) is 0 Å². The Morgan fingerprint density at radius 3 is 2.68 bits per heavy atom. The maximum Gasteiger partial charge on any atom is 0.308 e. The van der Waals surface area contributed by atoms with Crippen molar-refractivity contribution in [3.8, 4) is 0 Å². The van der Waals surface area contributed by atoms with Gasteiger partial charge in [0, 0.05) is 23.9 Å². The van der Waals surface area contributed by atoms with Crippen molar-refractivity contribution in [2.24, 2.45) is 5.92 Å². The Balaban J connectivity index is 1.58. The second kappa shape index (κ2) is 6.84. The van der Waals surface area contributed by atoms with Gasteiger partial charge in [0.15, 0.2) is 0 Å². The minimum atomic E-state index is -0.823. The topological polar surface area (TPSA) is 57.6 Å². The third-order valence-corrected chi connectivity index (χ3v) is 7.30. The lowest BCUT2D eigenvalue weighted by Gasteiger charge is -2.26. The molecule has 0 radical (unpaired) electrons. The number of thioether (sulfide) groups is 1. The number of nitrogens with zero attached hydrogens (tertiary/aromatic N) is 1. The Labute approximate surface area is 154 Å². The summed E-state index contributed by atoms with van der Waals surface area (Å²) in [6.45, 7) is 0.778. The van der Waals surface area contributed by atoms with Crippen molar-refractivity contribution in [1.82, 2.24) is 4.90 Å². The third kappa shape index (κ3) is 3.09. The molecule has 2 aliphatic rings. The number of likely N-dealkylation sites (tertiary alicyclic amines) is 1. The number of carboxylic acids is 1. The first-order valence-electron chi connectivity index (χ1n) is 8.39. The van der Waals surface area contributed by atoms with Gasteiger partial charge in [0.25, 0.3) is 0 Å². The number of amides is 1. The van der Waals surface area contributed by atoms with Crippen molar-refractivity contribution in [3.05, 3.63) is 57.8 Å². The molecule has 6 heteroatoms. The summed E-state index contributed by atoms with van der Waals surface area (Å²) >= 11 is 3.39. The first-order chi connectivity index (χ1) is 12.1. The summed E-state index contributed by atoms with van der Waals surface area (Å²) in [5, 5.41) is 11.5. The molecule has 2 aliphatic heterocycles. The molecule has 25 heavy (non-hydrogen) atoms. The van der Waals surface area contributed by atoms with Crippen molar-refractivity contribution in [2.45, 2.75) is 17.6 Å². The molecule has 0 saturated carbocycles. The summed E-state index contributed by atoms with van der Waals surface area (Å²) in [5.74, 6) is -0.492. The van der Waals surface area contributed by atoms with Gasteiger partial charge in [-0.15, -0.1) is 23.1 Å². The number of hydrogen-bond acceptors (Lipinski definition) is 4. The number of fused-ring (bicyclic) bond motifs is 1. The molecule has 1 fully saturated rings. The zero-order valence-electron chi connectivity index (χ0n) is 13.6. The van der Waals surface area contributed by atoms with Crippen LogP contribution in [0.15, 0.2) is 41.8 Å². The van der Waals surface area contributed by atoms with Crippen LogP contribution < -0.4 is 0 Å². The van der Waals surface area contributed by atoms with Gasteiger partial charge in [-0.1, -0.05) is 30.3 Å². The van der Waals surface area contributed by atoms with Gasteiger partial charge in [-0.05, 0) is 34.7 Å². The first-order valence-corrected chi connectivity index (χ1v) is 10.3. The maximum absolute atomic E-state index is 13.1. The standard InChI is InChI=1S/C19H19NO3S2/c21-18(17-13-6-8-24-16(13)7-9-25-17)20-10-14(15(11-20)19(22)23)12-4-2-1-3-5-12/h1-6,8,14-15,17H,7,9-11H2,(H,22,23)/t14-,15-,17?/m1/s1. The lowest BCUT2D eigenvalue weighted by atomic mass is 9.89. The normalized spacial score (nSPS) is 25.6. The Bertz CT molecular complexity index is 789. The lowest BCUT2D eigenvalue weighted by molar-refractivity contribution is -0.141. The van der Waals surface area contributed by atoms with E-state index in [9.17, 15) is 14.7 Å². The molecular weight excluding hydrogens is 354 g/mol. The smallest absolute Gasteiger partial charge is 0.308 e. The Hall–Kier alpha value is -1.79. The van der Waals surface area contributed by atoms with Gasteiger partial charge in [-0.3, -0.25) is 9.59 Å². The summed E-state index contributed by atoms with van der Waals surface area (Å²) in [6, 6.07) is 11.7. The second-order valence-corrected chi connectivity index (χ2v) is 8.72. The van der Waals surface area contributed by atoms with Crippen LogP contribution in [0.2, 0.25) is 0 Å². The fourth-order valence-corrected chi connectivity index (χ4v) is 6.16. The van der Waals surface area contributed by atoms with Crippen LogP contribution in [0.25, 0.3) is 0 Å². The van der Waals surface area contributed by atoms with Gasteiger partial charge >= 0.3 is 5.97 Å². The van der Waals surface area contributed by atoms with Crippen LogP contribution >= 0.6 is 23.1 Å². The van der Waals surface area contributed by atoms with E-state index in [1.165, 1.54) is 4.88 Å². The number of carbonyl (C=O) groups excluding carboxylic acids is 1. The number of carboxylic acid groups (broad SMARTS) is 1. The van der Waals surface area contributed by atoms with E-state index in [0.717, 1.165) is 23.3 Å². The quantitative estimate of drug-likeness (QED) is 0.896. The second-order valence-electron chi connectivity index (χ2n) is 6.51. The number of rotatable bonds is 3. The van der Waals surface area contributed by atoms with Gasteiger partial charge in [0.05, 0.1) is 5.92 Å². The largest absolute Gasteiger partial charge is 0.481 e. The summed E-state index contributed by atoms with van der Waals surface area (Å²) in [4.78, 5) is 27.9. The highest BCUT2D eigenvalue weighted by Crippen LogP contribution is 2.42. The molecule has 1 saturated heterocycles. The van der Waals surface area contributed by atoms with E-state index < -0.39 is 11.9 Å². The fraction of sp³-hybridized carbons (Fsp3) is 0.368. The lowest BCUT2D eigenvalue weighted by Crippen LogP contribution is -2.34. The van der Waals surface area contributed by atoms with Gasteiger partial charge in [0.1, 0.15) is 5.25 Å². The van der Waals surface area contributed by atoms with E-state index >= 15 is 0 Å². The molecule has 2 aromatic rings. The molecule has 0 aliphatic carbocycles. The Morgan fingerprint density at radius 1 is 1.12 bits per heavy atom. The monoisotopic (exact) mass is 373 g/mol. The van der Waals surface area contributed by atoms with Crippen LogP contribution in [-0.4, -0.2) is 40.7 Å². The van der Waals surface area contributed by atoms with Gasteiger partial charge in [0.2, 0.25) is 5.91 Å². The van der Waals surface area contributed by atoms with E-state index in [-0.39, 0.29) is 17.1 Å². The number of carbonyl (C=O) groups is 2. The van der Waals surface area contributed by atoms with Crippen LogP contribution in [0.1, 0.15) is 27.2 Å². The van der Waals surface area contributed by atoms with E-state index in [1.807, 2.05) is 41.8 Å². The van der Waals surface area contributed by atoms with Crippen LogP contribution in [-0.2, 0) is 16.0 Å². The van der Waals surface area contributed by atoms with Crippen molar-refractivity contribution < 1.29 is 14.7 Å². The minimum absolute atomic E-state index is 0.0639. The molecule has 0 spiro atoms. The Kier molecular flexibility index (Phi) is 4.56. The molecule has 3 heterocycles. The van der Waals surface area contributed by atoms with Crippen LogP contribution in [0.5, 0.6) is 0 Å². The maximum atomic E-state index is 13.1. The molecule has 130 valence electrons. The van der Waals surface area contributed by atoms with Crippen molar-refractivity contribution in [1.29, 1.82) is 0 Å². The van der Waals surface area contributed by atoms with Crippen molar-refractivity contribution >= 4 is 35.0 Å². The molecule has 1 unspecified atom stereocenters. The molecule has 3 atom stereocenters. The van der Waals surface area contributed by atoms with E-state index in [4.69, 9.17) is 0 Å². The number of aryl methyl sites for hydroxylation is 1. The van der Waals surface area contributed by atoms with E-state index in [1.54, 1.807) is 28.0 Å². The molecule has 1 amide bonds. The summed E-state index contributed by atoms with van der Waals surface area (Å²) in [5.41, 5.74) is 2.12. The molecule has 1 N–H and O–H groups in total. The SMILES string of the molecule is O=C(O)[C@@H]1CN(C(=O)C2SCCc3sccc32)C[C@@H]1c1ccccc1. The van der Waals surface area contributed by atoms with Gasteiger partial charge < -0.3 is 10.0 Å². The zero-order valence-corrected chi connectivity index (χ0v) is 15.3. The molecule has 4 rings (SSSR count). The third-order valence-electron chi connectivity index (χ3n) is 5.08. The molecule has 1 aromatic carbocycles. The number of aliphatic carboxylic acids is 1. The van der Waals surface area contributed by atoms with Crippen molar-refractivity contribution in [3.63, 3.8) is 0 Å². The Morgan fingerprint density at radius 2 is 1.92 bits per heavy atom. The molecule has 0 bridgehead atoms. The average Bonchev–Trinajstić information content (AvgIpc) is 3.28. The van der Waals surface area contributed by atoms with Gasteiger partial charge in [-0.2, -0.15) is 0 Å². The van der Waals surface area contributed by atoms with Crippen LogP contribution in [0, 0.1) is 5.92 Å². The van der Waals surface area contributed by atoms with E-state index in [0.29, 0.717) is 13.1 Å². The van der Waals surface area contributed by atoms with Gasteiger partial charge in [-0.25, -0.2) is 0 Å². The number of hydrogen-bond donors (Lipinski definition) is 1. The highest BCUT2D eigenvalue weighted by Gasteiger charge is 2.43. The van der Waals surface area contributed by atoms with Crippen molar-refractivity contribution in [2.75, 3.05) is 18.8 Å². The molecule has 4 nitrogen and oxygen atoms in total. The van der Waals surface area contributed by atoms with E-state index in [2.05, 4.69) is 0 Å². The first kappa shape index (κ1) is 16.7.